The van der Waals surface area contributed by atoms with Crippen molar-refractivity contribution in [3.8, 4) is 0 Å². The van der Waals surface area contributed by atoms with Crippen LogP contribution in [0.15, 0.2) is 26.6 Å². The number of halogens is 1. The highest BCUT2D eigenvalue weighted by atomic mass is 79.9. The monoisotopic (exact) mass is 327 g/mol. The summed E-state index contributed by atoms with van der Waals surface area (Å²) in [5, 5.41) is 2.85. The van der Waals surface area contributed by atoms with Crippen molar-refractivity contribution in [3.63, 3.8) is 0 Å². The first kappa shape index (κ1) is 13.5. The van der Waals surface area contributed by atoms with Gasteiger partial charge in [0.2, 0.25) is 5.78 Å². The fraction of sp³-hybridized carbons (Fsp3) is 0.385. The van der Waals surface area contributed by atoms with Gasteiger partial charge in [0.15, 0.2) is 10.4 Å². The molecular weight excluding hydrogens is 314 g/mol. The molecule has 0 fully saturated rings. The Morgan fingerprint density at radius 1 is 1.44 bits per heavy atom. The molecule has 0 unspecified atom stereocenters. The van der Waals surface area contributed by atoms with Gasteiger partial charge in [0, 0.05) is 10.8 Å². The standard InChI is InChI=1S/C13H14BrNO2S/c1-13(2,3)10-7-18-12(15-10)6-8(16)9-4-5-11(14)17-9/h4-5,7H,6H2,1-3H3. The van der Waals surface area contributed by atoms with Crippen LogP contribution in [0.2, 0.25) is 0 Å². The normalized spacial score (nSPS) is 11.8. The molecule has 0 radical (unpaired) electrons. The highest BCUT2D eigenvalue weighted by molar-refractivity contribution is 9.10. The van der Waals surface area contributed by atoms with Crippen molar-refractivity contribution in [1.82, 2.24) is 4.98 Å². The van der Waals surface area contributed by atoms with Gasteiger partial charge < -0.3 is 4.42 Å². The van der Waals surface area contributed by atoms with E-state index in [0.717, 1.165) is 10.7 Å². The number of hydrogen-bond donors (Lipinski definition) is 0. The quantitative estimate of drug-likeness (QED) is 0.792. The average Bonchev–Trinajstić information content (AvgIpc) is 2.85. The summed E-state index contributed by atoms with van der Waals surface area (Å²) in [6, 6.07) is 3.39. The first-order valence-corrected chi connectivity index (χ1v) is 7.27. The number of rotatable bonds is 3. The van der Waals surface area contributed by atoms with E-state index in [0.29, 0.717) is 16.9 Å². The van der Waals surface area contributed by atoms with E-state index >= 15 is 0 Å². The van der Waals surface area contributed by atoms with Gasteiger partial charge in [-0.25, -0.2) is 4.98 Å². The van der Waals surface area contributed by atoms with Crippen molar-refractivity contribution in [2.24, 2.45) is 0 Å². The molecule has 18 heavy (non-hydrogen) atoms. The second-order valence-corrected chi connectivity index (χ2v) is 6.80. The second-order valence-electron chi connectivity index (χ2n) is 5.08. The van der Waals surface area contributed by atoms with Gasteiger partial charge in [-0.05, 0) is 28.1 Å². The molecule has 3 nitrogen and oxygen atoms in total. The summed E-state index contributed by atoms with van der Waals surface area (Å²) in [7, 11) is 0. The van der Waals surface area contributed by atoms with Crippen LogP contribution in [0.1, 0.15) is 42.0 Å². The minimum Gasteiger partial charge on any atom is -0.446 e. The van der Waals surface area contributed by atoms with Crippen LogP contribution in [0.3, 0.4) is 0 Å². The Morgan fingerprint density at radius 2 is 2.17 bits per heavy atom. The molecule has 2 aromatic heterocycles. The van der Waals surface area contributed by atoms with Crippen molar-refractivity contribution < 1.29 is 9.21 Å². The Morgan fingerprint density at radius 3 is 2.67 bits per heavy atom. The van der Waals surface area contributed by atoms with Crippen LogP contribution in [0.25, 0.3) is 0 Å². The van der Waals surface area contributed by atoms with E-state index in [1.165, 1.54) is 11.3 Å². The number of carbonyl (C=O) groups is 1. The molecule has 0 bridgehead atoms. The smallest absolute Gasteiger partial charge is 0.204 e. The van der Waals surface area contributed by atoms with Crippen molar-refractivity contribution in [2.75, 3.05) is 0 Å². The molecule has 2 aromatic rings. The van der Waals surface area contributed by atoms with E-state index in [4.69, 9.17) is 4.42 Å². The van der Waals surface area contributed by atoms with Gasteiger partial charge in [0.05, 0.1) is 12.1 Å². The van der Waals surface area contributed by atoms with Crippen LogP contribution in [-0.2, 0) is 11.8 Å². The Labute approximate surface area is 118 Å². The maximum atomic E-state index is 11.9. The van der Waals surface area contributed by atoms with Gasteiger partial charge in [-0.2, -0.15) is 0 Å². The van der Waals surface area contributed by atoms with Gasteiger partial charge in [-0.15, -0.1) is 11.3 Å². The summed E-state index contributed by atoms with van der Waals surface area (Å²) < 4.78 is 5.81. The number of aromatic nitrogens is 1. The summed E-state index contributed by atoms with van der Waals surface area (Å²) in [5.41, 5.74) is 1.04. The largest absolute Gasteiger partial charge is 0.446 e. The Hall–Kier alpha value is -0.940. The SMILES string of the molecule is CC(C)(C)c1csc(CC(=O)c2ccc(Br)o2)n1. The second kappa shape index (κ2) is 4.97. The van der Waals surface area contributed by atoms with E-state index < -0.39 is 0 Å². The number of hydrogen-bond acceptors (Lipinski definition) is 4. The zero-order chi connectivity index (χ0) is 13.3. The summed E-state index contributed by atoms with van der Waals surface area (Å²) in [6.45, 7) is 6.33. The van der Waals surface area contributed by atoms with Crippen LogP contribution in [-0.4, -0.2) is 10.8 Å². The van der Waals surface area contributed by atoms with Crippen LogP contribution < -0.4 is 0 Å². The van der Waals surface area contributed by atoms with Crippen LogP contribution in [0.5, 0.6) is 0 Å². The maximum Gasteiger partial charge on any atom is 0.204 e. The molecule has 0 atom stereocenters. The highest BCUT2D eigenvalue weighted by Gasteiger charge is 2.19. The van der Waals surface area contributed by atoms with Crippen molar-refractivity contribution in [3.05, 3.63) is 38.6 Å². The van der Waals surface area contributed by atoms with Crippen LogP contribution in [0.4, 0.5) is 0 Å². The first-order chi connectivity index (χ1) is 8.36. The lowest BCUT2D eigenvalue weighted by Gasteiger charge is -2.14. The van der Waals surface area contributed by atoms with Gasteiger partial charge in [-0.3, -0.25) is 4.79 Å². The molecule has 96 valence electrons. The Balaban J connectivity index is 2.10. The van der Waals surface area contributed by atoms with E-state index in [9.17, 15) is 4.79 Å². The van der Waals surface area contributed by atoms with E-state index in [1.54, 1.807) is 12.1 Å². The average molecular weight is 328 g/mol. The topological polar surface area (TPSA) is 43.1 Å². The number of ketones is 1. The minimum absolute atomic E-state index is 0.0194. The molecule has 0 spiro atoms. The predicted molar refractivity (Wildman–Crippen MR) is 75.3 cm³/mol. The molecule has 0 amide bonds. The molecule has 0 saturated carbocycles. The maximum absolute atomic E-state index is 11.9. The first-order valence-electron chi connectivity index (χ1n) is 5.59. The Bertz CT molecular complexity index is 566. The third kappa shape index (κ3) is 3.09. The van der Waals surface area contributed by atoms with Crippen molar-refractivity contribution >= 4 is 33.0 Å². The Kier molecular flexibility index (Phi) is 3.73. The highest BCUT2D eigenvalue weighted by Crippen LogP contribution is 2.25. The fourth-order valence-electron chi connectivity index (χ4n) is 1.43. The van der Waals surface area contributed by atoms with Gasteiger partial charge in [-0.1, -0.05) is 20.8 Å². The summed E-state index contributed by atoms with van der Waals surface area (Å²) >= 11 is 4.71. The molecule has 0 aliphatic heterocycles. The molecule has 5 heteroatoms. The summed E-state index contributed by atoms with van der Waals surface area (Å²) in [4.78, 5) is 16.4. The lowest BCUT2D eigenvalue weighted by molar-refractivity contribution is 0.0965. The number of carbonyl (C=O) groups excluding carboxylic acids is 1. The number of Topliss-reactive ketones (excluding diaryl/α,β-unsaturated/α-hetero) is 1. The zero-order valence-electron chi connectivity index (χ0n) is 10.5. The van der Waals surface area contributed by atoms with E-state index in [-0.39, 0.29) is 11.2 Å². The predicted octanol–water partition coefficient (Wildman–Crippen LogP) is 4.22. The molecule has 0 aromatic carbocycles. The number of nitrogens with zero attached hydrogens (tertiary/aromatic N) is 1. The lowest BCUT2D eigenvalue weighted by atomic mass is 9.93. The van der Waals surface area contributed by atoms with Crippen LogP contribution in [0, 0.1) is 0 Å². The van der Waals surface area contributed by atoms with E-state index in [2.05, 4.69) is 41.7 Å². The number of thiazole rings is 1. The molecule has 0 aliphatic rings. The molecule has 0 saturated heterocycles. The van der Waals surface area contributed by atoms with Gasteiger partial charge in [0.25, 0.3) is 0 Å². The fourth-order valence-corrected chi connectivity index (χ4v) is 2.75. The molecule has 0 N–H and O–H groups in total. The summed E-state index contributed by atoms with van der Waals surface area (Å²) in [6.07, 6.45) is 0.292. The summed E-state index contributed by atoms with van der Waals surface area (Å²) in [5.74, 6) is 0.324. The van der Waals surface area contributed by atoms with Gasteiger partial charge >= 0.3 is 0 Å². The van der Waals surface area contributed by atoms with Crippen LogP contribution >= 0.6 is 27.3 Å². The van der Waals surface area contributed by atoms with E-state index in [1.807, 2.05) is 5.38 Å². The third-order valence-electron chi connectivity index (χ3n) is 2.48. The molecular formula is C13H14BrNO2S. The number of furan rings is 1. The van der Waals surface area contributed by atoms with Crippen molar-refractivity contribution in [2.45, 2.75) is 32.6 Å². The molecule has 2 rings (SSSR count). The van der Waals surface area contributed by atoms with Crippen molar-refractivity contribution in [1.29, 1.82) is 0 Å². The lowest BCUT2D eigenvalue weighted by Crippen LogP contribution is -2.12. The molecule has 2 heterocycles. The third-order valence-corrected chi connectivity index (χ3v) is 3.75. The van der Waals surface area contributed by atoms with Gasteiger partial charge in [0.1, 0.15) is 5.01 Å². The molecule has 0 aliphatic carbocycles. The minimum atomic E-state index is -0.0458. The zero-order valence-corrected chi connectivity index (χ0v) is 12.9.